The zero-order valence-electron chi connectivity index (χ0n) is 10.3. The molecule has 2 N–H and O–H groups in total. The van der Waals surface area contributed by atoms with Crippen LogP contribution in [0, 0.1) is 0 Å². The van der Waals surface area contributed by atoms with Crippen LogP contribution in [0.25, 0.3) is 0 Å². The van der Waals surface area contributed by atoms with Gasteiger partial charge in [-0.15, -0.1) is 11.8 Å². The summed E-state index contributed by atoms with van der Waals surface area (Å²) in [5, 5.41) is 1.75. The molecule has 0 atom stereocenters. The number of rotatable bonds is 4. The highest BCUT2D eigenvalue weighted by Gasteiger charge is 2.16. The van der Waals surface area contributed by atoms with E-state index in [0.29, 0.717) is 23.4 Å². The highest BCUT2D eigenvalue weighted by Crippen LogP contribution is 2.34. The molecule has 0 aromatic carbocycles. The molecule has 1 aliphatic rings. The fourth-order valence-electron chi connectivity index (χ4n) is 2.11. The number of aromatic nitrogens is 1. The molecule has 94 valence electrons. The van der Waals surface area contributed by atoms with E-state index in [0.717, 1.165) is 5.03 Å². The van der Waals surface area contributed by atoms with E-state index < -0.39 is 0 Å². The van der Waals surface area contributed by atoms with E-state index in [1.807, 2.05) is 30.8 Å². The number of ether oxygens (including phenoxy) is 1. The minimum atomic E-state index is 0.577. The van der Waals surface area contributed by atoms with E-state index in [-0.39, 0.29) is 0 Å². The second-order valence-corrected chi connectivity index (χ2v) is 5.68. The SMILES string of the molecule is CCOc1nc(SC2CCCCC2)ccc1N. The number of nitrogens with two attached hydrogens (primary N) is 1. The summed E-state index contributed by atoms with van der Waals surface area (Å²) in [5.41, 5.74) is 6.44. The summed E-state index contributed by atoms with van der Waals surface area (Å²) in [5.74, 6) is 0.577. The van der Waals surface area contributed by atoms with E-state index in [1.54, 1.807) is 0 Å². The van der Waals surface area contributed by atoms with Gasteiger partial charge in [0, 0.05) is 5.25 Å². The van der Waals surface area contributed by atoms with Crippen molar-refractivity contribution in [1.29, 1.82) is 0 Å². The Morgan fingerprint density at radius 1 is 1.35 bits per heavy atom. The van der Waals surface area contributed by atoms with Gasteiger partial charge in [0.2, 0.25) is 5.88 Å². The van der Waals surface area contributed by atoms with E-state index >= 15 is 0 Å². The predicted octanol–water partition coefficient (Wildman–Crippen LogP) is 3.49. The second kappa shape index (κ2) is 6.15. The summed E-state index contributed by atoms with van der Waals surface area (Å²) in [6, 6.07) is 3.89. The lowest BCUT2D eigenvalue weighted by molar-refractivity contribution is 0.326. The predicted molar refractivity (Wildman–Crippen MR) is 72.5 cm³/mol. The monoisotopic (exact) mass is 252 g/mol. The highest BCUT2D eigenvalue weighted by molar-refractivity contribution is 7.99. The summed E-state index contributed by atoms with van der Waals surface area (Å²) in [6.45, 7) is 2.55. The van der Waals surface area contributed by atoms with Crippen molar-refractivity contribution in [2.75, 3.05) is 12.3 Å². The van der Waals surface area contributed by atoms with Crippen LogP contribution in [0.5, 0.6) is 5.88 Å². The average Bonchev–Trinajstić information content (AvgIpc) is 2.35. The Morgan fingerprint density at radius 3 is 2.82 bits per heavy atom. The van der Waals surface area contributed by atoms with E-state index in [1.165, 1.54) is 32.1 Å². The summed E-state index contributed by atoms with van der Waals surface area (Å²) in [6.07, 6.45) is 6.70. The van der Waals surface area contributed by atoms with Crippen LogP contribution in [-0.4, -0.2) is 16.8 Å². The van der Waals surface area contributed by atoms with Gasteiger partial charge in [0.15, 0.2) is 0 Å². The summed E-state index contributed by atoms with van der Waals surface area (Å²) in [7, 11) is 0. The van der Waals surface area contributed by atoms with Crippen molar-refractivity contribution in [2.24, 2.45) is 0 Å². The van der Waals surface area contributed by atoms with Gasteiger partial charge in [-0.2, -0.15) is 0 Å². The molecule has 0 radical (unpaired) electrons. The van der Waals surface area contributed by atoms with Gasteiger partial charge >= 0.3 is 0 Å². The zero-order valence-corrected chi connectivity index (χ0v) is 11.1. The summed E-state index contributed by atoms with van der Waals surface area (Å²) in [4.78, 5) is 4.47. The van der Waals surface area contributed by atoms with Crippen LogP contribution in [0.2, 0.25) is 0 Å². The number of hydrogen-bond acceptors (Lipinski definition) is 4. The standard InChI is InChI=1S/C13H20N2OS/c1-2-16-13-11(14)8-9-12(15-13)17-10-6-4-3-5-7-10/h8-10H,2-7,14H2,1H3. The molecule has 1 aliphatic carbocycles. The molecule has 0 amide bonds. The minimum absolute atomic E-state index is 0.577. The van der Waals surface area contributed by atoms with Crippen molar-refractivity contribution >= 4 is 17.4 Å². The van der Waals surface area contributed by atoms with E-state index in [2.05, 4.69) is 4.98 Å². The van der Waals surface area contributed by atoms with Crippen molar-refractivity contribution in [2.45, 2.75) is 49.3 Å². The molecule has 2 rings (SSSR count). The van der Waals surface area contributed by atoms with Gasteiger partial charge in [0.25, 0.3) is 0 Å². The quantitative estimate of drug-likeness (QED) is 0.891. The molecule has 1 aromatic rings. The number of pyridine rings is 1. The Balaban J connectivity index is 2.02. The number of hydrogen-bond donors (Lipinski definition) is 1. The Bertz CT molecular complexity index is 364. The van der Waals surface area contributed by atoms with Crippen LogP contribution in [0.4, 0.5) is 5.69 Å². The minimum Gasteiger partial charge on any atom is -0.476 e. The van der Waals surface area contributed by atoms with Crippen molar-refractivity contribution in [3.8, 4) is 5.88 Å². The first kappa shape index (κ1) is 12.6. The molecule has 4 heteroatoms. The topological polar surface area (TPSA) is 48.1 Å². The molecule has 1 aromatic heterocycles. The van der Waals surface area contributed by atoms with Gasteiger partial charge in [0.05, 0.1) is 12.3 Å². The van der Waals surface area contributed by atoms with Crippen molar-refractivity contribution in [3.63, 3.8) is 0 Å². The Morgan fingerprint density at radius 2 is 2.12 bits per heavy atom. The third kappa shape index (κ3) is 3.53. The van der Waals surface area contributed by atoms with Crippen molar-refractivity contribution < 1.29 is 4.74 Å². The summed E-state index contributed by atoms with van der Waals surface area (Å²) >= 11 is 1.87. The first-order valence-corrected chi connectivity index (χ1v) is 7.23. The van der Waals surface area contributed by atoms with Crippen LogP contribution in [0.3, 0.4) is 0 Å². The zero-order chi connectivity index (χ0) is 12.1. The summed E-state index contributed by atoms with van der Waals surface area (Å²) < 4.78 is 5.42. The number of nitrogens with zero attached hydrogens (tertiary/aromatic N) is 1. The van der Waals surface area contributed by atoms with Crippen LogP contribution < -0.4 is 10.5 Å². The van der Waals surface area contributed by atoms with Crippen LogP contribution >= 0.6 is 11.8 Å². The lowest BCUT2D eigenvalue weighted by Crippen LogP contribution is -2.08. The lowest BCUT2D eigenvalue weighted by atomic mass is 10.0. The lowest BCUT2D eigenvalue weighted by Gasteiger charge is -2.20. The number of nitrogen functional groups attached to an aromatic ring is 1. The maximum atomic E-state index is 5.81. The molecule has 1 fully saturated rings. The largest absolute Gasteiger partial charge is 0.476 e. The molecule has 0 bridgehead atoms. The molecule has 3 nitrogen and oxygen atoms in total. The molecule has 17 heavy (non-hydrogen) atoms. The fraction of sp³-hybridized carbons (Fsp3) is 0.615. The fourth-order valence-corrected chi connectivity index (χ4v) is 3.30. The number of thioether (sulfide) groups is 1. The van der Waals surface area contributed by atoms with Gasteiger partial charge in [-0.3, -0.25) is 0 Å². The Labute approximate surface area is 107 Å². The van der Waals surface area contributed by atoms with Gasteiger partial charge in [-0.25, -0.2) is 4.98 Å². The van der Waals surface area contributed by atoms with Crippen molar-refractivity contribution in [3.05, 3.63) is 12.1 Å². The second-order valence-electron chi connectivity index (χ2n) is 4.35. The molecule has 0 spiro atoms. The van der Waals surface area contributed by atoms with Crippen LogP contribution in [0.15, 0.2) is 17.2 Å². The molecule has 0 saturated heterocycles. The van der Waals surface area contributed by atoms with E-state index in [9.17, 15) is 0 Å². The van der Waals surface area contributed by atoms with Gasteiger partial charge in [-0.1, -0.05) is 19.3 Å². The molecular formula is C13H20N2OS. The molecule has 0 unspecified atom stereocenters. The van der Waals surface area contributed by atoms with E-state index in [4.69, 9.17) is 10.5 Å². The Hall–Kier alpha value is -0.900. The number of anilines is 1. The van der Waals surface area contributed by atoms with Gasteiger partial charge in [-0.05, 0) is 31.9 Å². The van der Waals surface area contributed by atoms with Crippen molar-refractivity contribution in [1.82, 2.24) is 4.98 Å². The van der Waals surface area contributed by atoms with Crippen LogP contribution in [0.1, 0.15) is 39.0 Å². The van der Waals surface area contributed by atoms with Gasteiger partial charge < -0.3 is 10.5 Å². The molecule has 1 heterocycles. The van der Waals surface area contributed by atoms with Crippen LogP contribution in [-0.2, 0) is 0 Å². The molecule has 1 saturated carbocycles. The molecule has 0 aliphatic heterocycles. The Kier molecular flexibility index (Phi) is 4.54. The normalized spacial score (nSPS) is 17.0. The highest BCUT2D eigenvalue weighted by atomic mass is 32.2. The first-order valence-electron chi connectivity index (χ1n) is 6.35. The first-order chi connectivity index (χ1) is 8.29. The maximum absolute atomic E-state index is 5.81. The third-order valence-corrected chi connectivity index (χ3v) is 4.26. The maximum Gasteiger partial charge on any atom is 0.238 e. The third-order valence-electron chi connectivity index (χ3n) is 2.98. The average molecular weight is 252 g/mol. The molecular weight excluding hydrogens is 232 g/mol. The smallest absolute Gasteiger partial charge is 0.238 e. The van der Waals surface area contributed by atoms with Gasteiger partial charge in [0.1, 0.15) is 5.03 Å².